The number of nitrogens with one attached hydrogen (secondary N) is 4. The van der Waals surface area contributed by atoms with Gasteiger partial charge in [0.1, 0.15) is 47.3 Å². The molecule has 14 rings (SSSR count). The number of ketones is 2. The fourth-order valence-electron chi connectivity index (χ4n) is 13.3. The quantitative estimate of drug-likeness (QED) is 0.0370. The lowest BCUT2D eigenvalue weighted by Gasteiger charge is -2.34. The van der Waals surface area contributed by atoms with E-state index in [-0.39, 0.29) is 109 Å². The maximum atomic E-state index is 13.3. The van der Waals surface area contributed by atoms with Crippen molar-refractivity contribution < 1.29 is 67.6 Å². The molecule has 34 nitrogen and oxygen atoms in total. The van der Waals surface area contributed by atoms with Gasteiger partial charge in [0.15, 0.2) is 26.6 Å². The van der Waals surface area contributed by atoms with Gasteiger partial charge in [-0.05, 0) is 249 Å². The number of carbonyl (C=O) groups is 10. The molecule has 8 aromatic heterocycles. The maximum Gasteiger partial charge on any atom is 0.410 e. The fraction of sp³-hybridized carbons (Fsp3) is 0.463. The highest BCUT2D eigenvalue weighted by Crippen LogP contribution is 2.31. The number of aromatic nitrogens is 12. The molecule has 0 bridgehead atoms. The van der Waals surface area contributed by atoms with Crippen LogP contribution in [0.15, 0.2) is 101 Å². The molecule has 4 saturated heterocycles. The van der Waals surface area contributed by atoms with Crippen LogP contribution >= 0.6 is 135 Å². The first-order chi connectivity index (χ1) is 63.2. The van der Waals surface area contributed by atoms with E-state index >= 15 is 0 Å². The van der Waals surface area contributed by atoms with Crippen LogP contribution in [-0.2, 0) is 126 Å². The van der Waals surface area contributed by atoms with E-state index in [1.807, 2.05) is 83.7 Å². The Kier molecular flexibility index (Phi) is 55.1. The van der Waals surface area contributed by atoms with Gasteiger partial charge >= 0.3 is 24.1 Å². The molecule has 4 fully saturated rings. The molecule has 2 aromatic carbocycles. The Morgan fingerprint density at radius 2 is 0.844 bits per heavy atom. The minimum Gasteiger partial charge on any atom is -0.480 e. The number of carbonyl (C=O) groups excluding carboxylic acids is 8. The number of nitrogens with two attached hydrogens (primary N) is 1. The number of hydrogen-bond acceptors (Lipinski definition) is 34. The monoisotopic (exact) mass is 2390 g/mol. The van der Waals surface area contributed by atoms with Gasteiger partial charge in [-0.1, -0.05) is 12.1 Å². The van der Waals surface area contributed by atoms with E-state index < -0.39 is 23.1 Å². The van der Waals surface area contributed by atoms with E-state index in [1.165, 1.54) is 89.3 Å². The van der Waals surface area contributed by atoms with Crippen molar-refractivity contribution in [2.24, 2.45) is 29.4 Å². The van der Waals surface area contributed by atoms with Gasteiger partial charge in [-0.3, -0.25) is 42.9 Å². The van der Waals surface area contributed by atoms with Crippen LogP contribution in [0.25, 0.3) is 44.1 Å². The Labute approximate surface area is 882 Å². The number of thiazole rings is 4. The second kappa shape index (κ2) is 61.7. The average Bonchev–Trinajstić information content (AvgIpc) is 1.63. The molecule has 734 valence electrons. The molecule has 8 N–H and O–H groups in total. The van der Waals surface area contributed by atoms with Gasteiger partial charge in [0.25, 0.3) is 17.7 Å². The molecular formula is C82H103Br4ClN20O14S14. The zero-order valence-electron chi connectivity index (χ0n) is 74.8. The second-order valence-electron chi connectivity index (χ2n) is 31.7. The van der Waals surface area contributed by atoms with E-state index in [1.54, 1.807) is 70.8 Å². The van der Waals surface area contributed by atoms with E-state index in [0.29, 0.717) is 106 Å². The maximum absolute atomic E-state index is 13.3. The third kappa shape index (κ3) is 42.3. The summed E-state index contributed by atoms with van der Waals surface area (Å²) < 4.78 is 16.9. The summed E-state index contributed by atoms with van der Waals surface area (Å²) in [6.07, 6.45) is 21.0. The first-order valence-electron chi connectivity index (χ1n) is 40.9. The molecule has 12 heterocycles. The van der Waals surface area contributed by atoms with Crippen molar-refractivity contribution in [3.8, 4) is 22.3 Å². The minimum atomic E-state index is -1.01. The zero-order valence-corrected chi connectivity index (χ0v) is 93.5. The number of aryl methyl sites for hydroxylation is 2. The highest BCUT2D eigenvalue weighted by Gasteiger charge is 2.32. The van der Waals surface area contributed by atoms with Gasteiger partial charge in [-0.2, -0.15) is 23.7 Å². The van der Waals surface area contributed by atoms with Crippen LogP contribution in [0.5, 0.6) is 0 Å². The normalized spacial score (nSPS) is 15.3. The summed E-state index contributed by atoms with van der Waals surface area (Å²) in [5, 5.41) is 40.8. The van der Waals surface area contributed by atoms with Crippen LogP contribution in [0, 0.1) is 37.5 Å². The van der Waals surface area contributed by atoms with E-state index in [0.717, 1.165) is 134 Å². The number of amides is 6. The number of fused-ring (bicyclic) bond motifs is 2. The molecule has 0 aliphatic carbocycles. The predicted octanol–water partition coefficient (Wildman–Crippen LogP) is 14.6. The number of piperidine rings is 4. The largest absolute Gasteiger partial charge is 0.480 e. The Morgan fingerprint density at radius 3 is 1.16 bits per heavy atom. The van der Waals surface area contributed by atoms with Crippen LogP contribution < -0.4 is 27.0 Å². The number of Topliss-reactive ketones (excluding diaryl/α,β-unsaturated/α-hetero) is 2. The molecule has 4 aliphatic heterocycles. The number of carboxylic acids is 2. The van der Waals surface area contributed by atoms with Gasteiger partial charge in [-0.25, -0.2) is 54.3 Å². The smallest absolute Gasteiger partial charge is 0.410 e. The fourth-order valence-corrected chi connectivity index (χ4v) is 17.7. The summed E-state index contributed by atoms with van der Waals surface area (Å²) in [7, 11) is 3.26. The third-order valence-electron chi connectivity index (χ3n) is 19.3. The number of ether oxygens (including phenoxy) is 2. The second-order valence-corrected chi connectivity index (χ2v) is 46.6. The van der Waals surface area contributed by atoms with Gasteiger partial charge in [0.05, 0.1) is 51.0 Å². The number of aliphatic carboxylic acids is 1. The molecule has 53 heteroatoms. The van der Waals surface area contributed by atoms with Crippen LogP contribution in [0.4, 0.5) is 9.59 Å². The molecule has 135 heavy (non-hydrogen) atoms. The van der Waals surface area contributed by atoms with Crippen molar-refractivity contribution in [1.29, 1.82) is 0 Å². The third-order valence-corrected chi connectivity index (χ3v) is 27.4. The topological polar surface area (TPSA) is 452 Å². The van der Waals surface area contributed by atoms with Gasteiger partial charge in [-0.15, -0.1) is 57.8 Å². The molecule has 4 atom stereocenters. The highest BCUT2D eigenvalue weighted by atomic mass is 79.9. The lowest BCUT2D eigenvalue weighted by atomic mass is 9.98. The average molecular weight is 2400 g/mol. The van der Waals surface area contributed by atoms with Crippen LogP contribution in [0.3, 0.4) is 0 Å². The number of aromatic carboxylic acids is 1. The van der Waals surface area contributed by atoms with Gasteiger partial charge < -0.3 is 61.4 Å². The standard InChI is InChI=1S/C26H26BrN7O3S.C16H14N4O3.C15H22BrN3O3S.C11H22N2O2.C10H14BrN3OS.C4H2BrNO2S.ClH.S4.S3.S2.H2S/c1-15(35)24-20-8-18(19-10-28-16(2)29-11-19)5-6-21(20)34(32-24)14-23(36)33-7-3-4-17(13-33)9-30-25(37)26-31-12-22(27)38-26;1-9(21)16-13-5-11(12-6-17-10(2)18-7-12)3-4-14(13)20(19-16)8-15(22)23;1-15(2,3)22-14(21)19-6-4-5-10(9-19)7-17-12(20)13-18-8-11(16)23-13;1-11(2,3)15-10(14)13-6-4-5-9(7-12)8-13;11-8-6-14-10(16-8)9(15)13-5-7-2-1-3-12-4-7;5-2-1-6-3(9-2)4(7)8;;1-3-4-2;1-3-2;1-2;/h5-6,8,10-12,17H,3-4,7,9,13-14H2,1-2H3,(H,30,37);3-7H,8H2,1-2H3,(H,22,23);8,10H,4-7,9H2,1-3H3,(H,17,20);9H,4-8,12H2,1-3H3;6-7,12H,1-5H2,(H,13,15);1H,(H,7,8);1H;;;;1H2/t17-;;10-;9-;7-;;;;;;/m0.001....../s1. The molecular weight excluding hydrogens is 2290 g/mol. The van der Waals surface area contributed by atoms with Crippen molar-refractivity contribution in [2.75, 3.05) is 78.5 Å². The summed E-state index contributed by atoms with van der Waals surface area (Å²) in [6.45, 7) is 26.0. The Hall–Kier alpha value is -6.78. The summed E-state index contributed by atoms with van der Waals surface area (Å²) in [6, 6.07) is 11.1. The number of benzene rings is 2. The molecule has 0 saturated carbocycles. The molecule has 0 radical (unpaired) electrons. The SMILES string of the molecule is CC(=O)c1nn(CC(=O)N2CCC[C@@H](CNC(=O)c3ncc(Br)s3)C2)c2ccc(-c3cnc(C)nc3)cc12.CC(=O)c1nn(CC(=O)O)c2ccc(-c3cnc(C)nc3)cc12.CC(C)(C)OC(=O)N1CCC[C@@H](CN)C1.CC(C)(C)OC(=O)N1CCC[C@@H](CNC(=O)c2ncc(Br)s2)C1.Cl.O=C(NC[C@@H]1CCCNC1)c1ncc(Br)s1.O=C(O)c1ncc(Br)s1.S.S=S.S=S=S.S=S=S=S. The Balaban J connectivity index is 0.000000346. The molecule has 6 amide bonds. The Bertz CT molecular complexity index is 5720. The van der Waals surface area contributed by atoms with Crippen molar-refractivity contribution in [3.63, 3.8) is 0 Å². The van der Waals surface area contributed by atoms with E-state index in [4.69, 9.17) is 25.4 Å². The summed E-state index contributed by atoms with van der Waals surface area (Å²) in [5.41, 5.74) is 10.00. The summed E-state index contributed by atoms with van der Waals surface area (Å²) >= 11 is 42.3. The number of halogens is 5. The summed E-state index contributed by atoms with van der Waals surface area (Å²) in [5.74, 6) is -0.147. The van der Waals surface area contributed by atoms with E-state index in [9.17, 15) is 47.9 Å². The number of nitrogens with zero attached hydrogens (tertiary/aromatic N) is 15. The molecule has 10 aromatic rings. The number of rotatable bonds is 19. The van der Waals surface area contributed by atoms with Crippen molar-refractivity contribution >= 4 is 310 Å². The first kappa shape index (κ1) is 121. The number of carboxylic acid groups (broad SMARTS) is 2. The highest BCUT2D eigenvalue weighted by molar-refractivity contribution is 9.11. The molecule has 0 spiro atoms. The molecule has 0 unspecified atom stereocenters. The lowest BCUT2D eigenvalue weighted by molar-refractivity contribution is -0.138. The van der Waals surface area contributed by atoms with Crippen LogP contribution in [0.1, 0.15) is 179 Å². The first-order valence-corrected chi connectivity index (χ1v) is 55.3. The Morgan fingerprint density at radius 1 is 0.504 bits per heavy atom. The zero-order chi connectivity index (χ0) is 98.2. The summed E-state index contributed by atoms with van der Waals surface area (Å²) in [4.78, 5) is 156. The van der Waals surface area contributed by atoms with Crippen molar-refractivity contribution in [3.05, 3.63) is 144 Å². The van der Waals surface area contributed by atoms with E-state index in [2.05, 4.69) is 202 Å². The number of hydrogen-bond donors (Lipinski definition) is 7. The van der Waals surface area contributed by atoms with Gasteiger partial charge in [0.2, 0.25) is 10.9 Å². The van der Waals surface area contributed by atoms with Crippen LogP contribution in [-0.4, -0.2) is 233 Å². The predicted molar refractivity (Wildman–Crippen MR) is 571 cm³/mol. The minimum absolute atomic E-state index is 0. The van der Waals surface area contributed by atoms with Crippen molar-refractivity contribution in [2.45, 2.75) is 145 Å². The molecule has 4 aliphatic rings. The van der Waals surface area contributed by atoms with Crippen LogP contribution in [0.2, 0.25) is 0 Å². The van der Waals surface area contributed by atoms with Gasteiger partial charge in [0, 0.05) is 213 Å². The van der Waals surface area contributed by atoms with Crippen molar-refractivity contribution in [1.82, 2.24) is 95.4 Å². The number of likely N-dealkylation sites (tertiary alicyclic amines) is 3. The lowest BCUT2D eigenvalue weighted by Crippen LogP contribution is -2.45.